The van der Waals surface area contributed by atoms with Gasteiger partial charge < -0.3 is 15.1 Å². The largest absolute Gasteiger partial charge is 0.461 e. The number of para-hydroxylation sites is 1. The zero-order valence-corrected chi connectivity index (χ0v) is 13.6. The summed E-state index contributed by atoms with van der Waals surface area (Å²) in [5.74, 6) is 0.889. The summed E-state index contributed by atoms with van der Waals surface area (Å²) < 4.78 is 5.73. The van der Waals surface area contributed by atoms with Crippen LogP contribution in [0.3, 0.4) is 0 Å². The normalized spacial score (nSPS) is 10.7. The summed E-state index contributed by atoms with van der Waals surface area (Å²) in [7, 11) is 0. The number of carbonyl (C=O) groups excluding carboxylic acids is 1. The van der Waals surface area contributed by atoms with Crippen molar-refractivity contribution >= 4 is 17.0 Å². The van der Waals surface area contributed by atoms with Gasteiger partial charge in [0.25, 0.3) is 0 Å². The molecule has 124 valence electrons. The van der Waals surface area contributed by atoms with Gasteiger partial charge in [-0.1, -0.05) is 48.5 Å². The molecule has 2 aromatic carbocycles. The standard InChI is InChI=1S/C20H22N2O2/c23-20(21-13-6-9-16-7-2-1-3-8-16)22-14-12-18-15-17-10-4-5-11-19(17)24-18/h1-5,7-8,10-11,15H,6,9,12-14H2,(H2,21,22,23). The Morgan fingerprint density at radius 3 is 2.46 bits per heavy atom. The fraction of sp³-hybridized carbons (Fsp3) is 0.250. The Labute approximate surface area is 141 Å². The molecule has 4 heteroatoms. The van der Waals surface area contributed by atoms with E-state index >= 15 is 0 Å². The van der Waals surface area contributed by atoms with E-state index in [1.54, 1.807) is 0 Å². The topological polar surface area (TPSA) is 54.3 Å². The van der Waals surface area contributed by atoms with Crippen molar-refractivity contribution in [1.29, 1.82) is 0 Å². The fourth-order valence-electron chi connectivity index (χ4n) is 2.66. The minimum atomic E-state index is -0.126. The maximum atomic E-state index is 11.8. The molecule has 1 heterocycles. The molecule has 0 aliphatic carbocycles. The summed E-state index contributed by atoms with van der Waals surface area (Å²) in [5, 5.41) is 6.84. The molecule has 1 aromatic heterocycles. The van der Waals surface area contributed by atoms with E-state index in [1.807, 2.05) is 48.5 Å². The Kier molecular flexibility index (Phi) is 5.51. The average Bonchev–Trinajstić information content (AvgIpc) is 3.02. The summed E-state index contributed by atoms with van der Waals surface area (Å²) in [6.45, 7) is 1.23. The molecular formula is C20H22N2O2. The van der Waals surface area contributed by atoms with Crippen LogP contribution >= 0.6 is 0 Å². The molecule has 2 amide bonds. The highest BCUT2D eigenvalue weighted by atomic mass is 16.3. The van der Waals surface area contributed by atoms with Crippen LogP contribution in [0.1, 0.15) is 17.7 Å². The van der Waals surface area contributed by atoms with E-state index in [4.69, 9.17) is 4.42 Å². The molecule has 0 fully saturated rings. The minimum Gasteiger partial charge on any atom is -0.461 e. The smallest absolute Gasteiger partial charge is 0.314 e. The molecule has 0 saturated carbocycles. The Morgan fingerprint density at radius 1 is 0.875 bits per heavy atom. The van der Waals surface area contributed by atoms with E-state index in [2.05, 4.69) is 22.8 Å². The highest BCUT2D eigenvalue weighted by Gasteiger charge is 2.04. The third-order valence-corrected chi connectivity index (χ3v) is 3.90. The lowest BCUT2D eigenvalue weighted by Gasteiger charge is -2.07. The Hall–Kier alpha value is -2.75. The number of rotatable bonds is 7. The monoisotopic (exact) mass is 322 g/mol. The molecule has 0 atom stereocenters. The number of nitrogens with one attached hydrogen (secondary N) is 2. The summed E-state index contributed by atoms with van der Waals surface area (Å²) in [6.07, 6.45) is 2.59. The minimum absolute atomic E-state index is 0.126. The number of urea groups is 1. The van der Waals surface area contributed by atoms with E-state index < -0.39 is 0 Å². The summed E-state index contributed by atoms with van der Waals surface area (Å²) >= 11 is 0. The van der Waals surface area contributed by atoms with Gasteiger partial charge in [0.2, 0.25) is 0 Å². The first-order valence-electron chi connectivity index (χ1n) is 8.34. The highest BCUT2D eigenvalue weighted by molar-refractivity contribution is 5.77. The van der Waals surface area contributed by atoms with Crippen LogP contribution in [0.15, 0.2) is 65.1 Å². The molecule has 24 heavy (non-hydrogen) atoms. The van der Waals surface area contributed by atoms with Gasteiger partial charge in [-0.05, 0) is 30.5 Å². The van der Waals surface area contributed by atoms with Crippen LogP contribution in [-0.2, 0) is 12.8 Å². The average molecular weight is 322 g/mol. The van der Waals surface area contributed by atoms with Crippen molar-refractivity contribution in [3.05, 3.63) is 72.0 Å². The number of amides is 2. The number of hydrogen-bond acceptors (Lipinski definition) is 2. The predicted octanol–water partition coefficient (Wildman–Crippen LogP) is 3.91. The lowest BCUT2D eigenvalue weighted by molar-refractivity contribution is 0.240. The van der Waals surface area contributed by atoms with E-state index in [1.165, 1.54) is 5.56 Å². The molecule has 4 nitrogen and oxygen atoms in total. The van der Waals surface area contributed by atoms with Crippen molar-refractivity contribution < 1.29 is 9.21 Å². The van der Waals surface area contributed by atoms with Gasteiger partial charge in [0.15, 0.2) is 0 Å². The van der Waals surface area contributed by atoms with Crippen LogP contribution in [0.25, 0.3) is 11.0 Å². The van der Waals surface area contributed by atoms with Crippen molar-refractivity contribution in [1.82, 2.24) is 10.6 Å². The zero-order chi connectivity index (χ0) is 16.6. The van der Waals surface area contributed by atoms with Crippen molar-refractivity contribution in [2.45, 2.75) is 19.3 Å². The van der Waals surface area contributed by atoms with E-state index in [0.717, 1.165) is 29.6 Å². The second-order valence-electron chi connectivity index (χ2n) is 5.77. The number of hydrogen-bond donors (Lipinski definition) is 2. The molecule has 0 bridgehead atoms. The van der Waals surface area contributed by atoms with Gasteiger partial charge in [-0.2, -0.15) is 0 Å². The molecule has 0 saturated heterocycles. The van der Waals surface area contributed by atoms with Crippen LogP contribution in [0.2, 0.25) is 0 Å². The number of aryl methyl sites for hydroxylation is 1. The second-order valence-corrected chi connectivity index (χ2v) is 5.77. The van der Waals surface area contributed by atoms with Crippen LogP contribution in [-0.4, -0.2) is 19.1 Å². The van der Waals surface area contributed by atoms with Crippen LogP contribution in [0.4, 0.5) is 4.79 Å². The molecule has 3 rings (SSSR count). The van der Waals surface area contributed by atoms with Gasteiger partial charge in [-0.15, -0.1) is 0 Å². The van der Waals surface area contributed by atoms with E-state index in [0.29, 0.717) is 19.5 Å². The molecular weight excluding hydrogens is 300 g/mol. The van der Waals surface area contributed by atoms with Gasteiger partial charge in [-0.3, -0.25) is 0 Å². The number of fused-ring (bicyclic) bond motifs is 1. The number of furan rings is 1. The summed E-state index contributed by atoms with van der Waals surface area (Å²) in [4.78, 5) is 11.8. The molecule has 0 aliphatic heterocycles. The molecule has 0 spiro atoms. The van der Waals surface area contributed by atoms with E-state index in [-0.39, 0.29) is 6.03 Å². The molecule has 0 aliphatic rings. The molecule has 2 N–H and O–H groups in total. The summed E-state index contributed by atoms with van der Waals surface area (Å²) in [6, 6.07) is 20.1. The molecule has 3 aromatic rings. The lowest BCUT2D eigenvalue weighted by Crippen LogP contribution is -2.37. The van der Waals surface area contributed by atoms with Gasteiger partial charge in [0.1, 0.15) is 11.3 Å². The maximum Gasteiger partial charge on any atom is 0.314 e. The third-order valence-electron chi connectivity index (χ3n) is 3.90. The Balaban J connectivity index is 1.32. The van der Waals surface area contributed by atoms with E-state index in [9.17, 15) is 4.79 Å². The Bertz CT molecular complexity index is 747. The van der Waals surface area contributed by atoms with Crippen LogP contribution < -0.4 is 10.6 Å². The third kappa shape index (κ3) is 4.62. The first-order valence-corrected chi connectivity index (χ1v) is 8.34. The van der Waals surface area contributed by atoms with Gasteiger partial charge in [0.05, 0.1) is 0 Å². The maximum absolute atomic E-state index is 11.8. The van der Waals surface area contributed by atoms with Crippen molar-refractivity contribution in [2.75, 3.05) is 13.1 Å². The van der Waals surface area contributed by atoms with Gasteiger partial charge in [0, 0.05) is 24.9 Å². The number of benzene rings is 2. The Morgan fingerprint density at radius 2 is 1.62 bits per heavy atom. The van der Waals surface area contributed by atoms with Gasteiger partial charge >= 0.3 is 6.03 Å². The second kappa shape index (κ2) is 8.20. The zero-order valence-electron chi connectivity index (χ0n) is 13.6. The van der Waals surface area contributed by atoms with Crippen molar-refractivity contribution in [2.24, 2.45) is 0 Å². The quantitative estimate of drug-likeness (QED) is 0.648. The van der Waals surface area contributed by atoms with Crippen molar-refractivity contribution in [3.8, 4) is 0 Å². The summed E-state index contributed by atoms with van der Waals surface area (Å²) in [5.41, 5.74) is 2.18. The lowest BCUT2D eigenvalue weighted by atomic mass is 10.1. The first kappa shape index (κ1) is 16.1. The van der Waals surface area contributed by atoms with Crippen molar-refractivity contribution in [3.63, 3.8) is 0 Å². The van der Waals surface area contributed by atoms with Gasteiger partial charge in [-0.25, -0.2) is 4.79 Å². The molecule has 0 unspecified atom stereocenters. The predicted molar refractivity (Wildman–Crippen MR) is 96.1 cm³/mol. The highest BCUT2D eigenvalue weighted by Crippen LogP contribution is 2.18. The number of carbonyl (C=O) groups is 1. The first-order chi connectivity index (χ1) is 11.8. The van der Waals surface area contributed by atoms with Crippen LogP contribution in [0, 0.1) is 0 Å². The fourth-order valence-corrected chi connectivity index (χ4v) is 2.66. The molecule has 0 radical (unpaired) electrons. The van der Waals surface area contributed by atoms with Crippen LogP contribution in [0.5, 0.6) is 0 Å². The SMILES string of the molecule is O=C(NCCCc1ccccc1)NCCc1cc2ccccc2o1.